The van der Waals surface area contributed by atoms with Gasteiger partial charge in [-0.2, -0.15) is 0 Å². The Morgan fingerprint density at radius 3 is 2.57 bits per heavy atom. The van der Waals surface area contributed by atoms with E-state index in [4.69, 9.17) is 16.2 Å². The van der Waals surface area contributed by atoms with Crippen molar-refractivity contribution in [1.29, 1.82) is 0 Å². The van der Waals surface area contributed by atoms with Crippen LogP contribution < -0.4 is 16.2 Å². The van der Waals surface area contributed by atoms with Crippen molar-refractivity contribution < 1.29 is 33.8 Å². The minimum Gasteiger partial charge on any atom is -0.486 e. The average Bonchev–Trinajstić information content (AvgIpc) is 2.69. The van der Waals surface area contributed by atoms with Crippen LogP contribution in [0.4, 0.5) is 4.79 Å². The van der Waals surface area contributed by atoms with Crippen LogP contribution in [0.1, 0.15) is 0 Å². The van der Waals surface area contributed by atoms with Crippen molar-refractivity contribution in [3.63, 3.8) is 0 Å². The van der Waals surface area contributed by atoms with Crippen LogP contribution in [0, 0.1) is 0 Å². The number of aliphatic carboxylic acids is 1. The zero-order valence-electron chi connectivity index (χ0n) is 14.5. The predicted octanol–water partition coefficient (Wildman–Crippen LogP) is -0.319. The summed E-state index contributed by atoms with van der Waals surface area (Å²) in [7, 11) is 0. The second kappa shape index (κ2) is 7.52. The van der Waals surface area contributed by atoms with E-state index in [9.17, 15) is 24.3 Å². The van der Waals surface area contributed by atoms with Crippen LogP contribution >= 0.6 is 11.8 Å². The first-order valence-corrected chi connectivity index (χ1v) is 9.14. The number of carbonyl (C=O) groups excluding carboxylic acids is 3. The first-order valence-electron chi connectivity index (χ1n) is 8.09. The van der Waals surface area contributed by atoms with Gasteiger partial charge in [0.2, 0.25) is 5.78 Å². The minimum absolute atomic E-state index is 0.106. The molecular formula is C17H17N3O7S. The molecule has 5 N–H and O–H groups in total. The molecule has 0 aromatic heterocycles. The third-order valence-electron chi connectivity index (χ3n) is 4.35. The number of benzene rings is 1. The summed E-state index contributed by atoms with van der Waals surface area (Å²) in [5.41, 5.74) is 8.92. The maximum Gasteiger partial charge on any atom is 0.404 e. The van der Waals surface area contributed by atoms with Crippen LogP contribution in [-0.4, -0.2) is 63.6 Å². The molecule has 2 aliphatic heterocycles. The molecule has 11 heteroatoms. The number of ether oxygens (including phenoxy) is 2. The number of hydrogen-bond acceptors (Lipinski definition) is 8. The van der Waals surface area contributed by atoms with Crippen LogP contribution in [0.2, 0.25) is 0 Å². The highest BCUT2D eigenvalue weighted by molar-refractivity contribution is 8.00. The molecule has 10 nitrogen and oxygen atoms in total. The van der Waals surface area contributed by atoms with Gasteiger partial charge < -0.3 is 26.0 Å². The van der Waals surface area contributed by atoms with Gasteiger partial charge in [-0.1, -0.05) is 18.2 Å². The number of para-hydroxylation sites is 1. The number of β-lactam (4-membered cyclic amide) rings is 1. The summed E-state index contributed by atoms with van der Waals surface area (Å²) >= 11 is 1.10. The monoisotopic (exact) mass is 407 g/mol. The summed E-state index contributed by atoms with van der Waals surface area (Å²) < 4.78 is 10.0. The highest BCUT2D eigenvalue weighted by Gasteiger charge is 2.66. The molecular weight excluding hydrogens is 390 g/mol. The largest absolute Gasteiger partial charge is 0.486 e. The van der Waals surface area contributed by atoms with Crippen molar-refractivity contribution in [3.8, 4) is 5.75 Å². The number of amides is 2. The molecule has 1 aromatic rings. The second-order valence-corrected chi connectivity index (χ2v) is 7.17. The van der Waals surface area contributed by atoms with E-state index in [1.165, 1.54) is 0 Å². The molecule has 1 saturated heterocycles. The zero-order valence-corrected chi connectivity index (χ0v) is 15.3. The van der Waals surface area contributed by atoms with Crippen LogP contribution in [0.25, 0.3) is 0 Å². The maximum absolute atomic E-state index is 12.7. The molecule has 0 aliphatic carbocycles. The fraction of sp³-hybridized carbons (Fsp3) is 0.294. The standard InChI is InChI=1S/C17H17N3O7S/c18-16(25)27-6-9-8-28-15-17(19,14(24)20(15)12(9)13(22)23)11(21)7-26-10-4-2-1-3-5-10/h1-5,15H,6-8,19H2,(H2,18,25)(H,22,23)/t15-,17?/m0/s1. The molecule has 1 aromatic carbocycles. The fourth-order valence-corrected chi connectivity index (χ4v) is 4.38. The SMILES string of the molecule is NC(=O)OCC1=C(C(=O)O)N2C(=O)C(N)(C(=O)COc3ccccc3)[C@@H]2SC1. The molecule has 28 heavy (non-hydrogen) atoms. The van der Waals surface area contributed by atoms with Gasteiger partial charge in [-0.05, 0) is 12.1 Å². The number of Topliss-reactive ketones (excluding diaryl/α,β-unsaturated/α-hetero) is 1. The zero-order chi connectivity index (χ0) is 20.5. The molecule has 1 unspecified atom stereocenters. The van der Waals surface area contributed by atoms with Gasteiger partial charge in [-0.3, -0.25) is 14.5 Å². The summed E-state index contributed by atoms with van der Waals surface area (Å²) in [6, 6.07) is 8.54. The first kappa shape index (κ1) is 19.7. The first-order chi connectivity index (χ1) is 13.3. The summed E-state index contributed by atoms with van der Waals surface area (Å²) in [5, 5.41) is 8.60. The van der Waals surface area contributed by atoms with Crippen LogP contribution in [0.3, 0.4) is 0 Å². The Labute approximate surface area is 163 Å². The molecule has 0 saturated carbocycles. The highest BCUT2D eigenvalue weighted by atomic mass is 32.2. The van der Waals surface area contributed by atoms with E-state index in [1.54, 1.807) is 30.3 Å². The second-order valence-electron chi connectivity index (χ2n) is 6.10. The number of hydrogen-bond donors (Lipinski definition) is 3. The van der Waals surface area contributed by atoms with Gasteiger partial charge in [-0.25, -0.2) is 9.59 Å². The Morgan fingerprint density at radius 2 is 1.96 bits per heavy atom. The topological polar surface area (TPSA) is 162 Å². The Hall–Kier alpha value is -3.05. The number of rotatable bonds is 7. The van der Waals surface area contributed by atoms with Crippen molar-refractivity contribution in [2.75, 3.05) is 19.0 Å². The van der Waals surface area contributed by atoms with E-state index in [0.29, 0.717) is 5.75 Å². The van der Waals surface area contributed by atoms with Crippen LogP contribution in [0.15, 0.2) is 41.6 Å². The van der Waals surface area contributed by atoms with Crippen molar-refractivity contribution in [1.82, 2.24) is 4.90 Å². The number of carbonyl (C=O) groups is 4. The lowest BCUT2D eigenvalue weighted by Gasteiger charge is -2.54. The van der Waals surface area contributed by atoms with E-state index in [-0.39, 0.29) is 23.6 Å². The van der Waals surface area contributed by atoms with Crippen molar-refractivity contribution >= 4 is 35.5 Å². The quantitative estimate of drug-likeness (QED) is 0.406. The Bertz CT molecular complexity index is 873. The lowest BCUT2D eigenvalue weighted by molar-refractivity contribution is -0.160. The number of thioether (sulfide) groups is 1. The average molecular weight is 407 g/mol. The van der Waals surface area contributed by atoms with Crippen molar-refractivity contribution in [3.05, 3.63) is 41.6 Å². The van der Waals surface area contributed by atoms with Gasteiger partial charge in [0.05, 0.1) is 0 Å². The number of ketones is 1. The van der Waals surface area contributed by atoms with Gasteiger partial charge >= 0.3 is 12.1 Å². The lowest BCUT2D eigenvalue weighted by Crippen LogP contribution is -2.81. The number of carboxylic acids is 1. The number of fused-ring (bicyclic) bond motifs is 1. The van der Waals surface area contributed by atoms with Gasteiger partial charge in [0, 0.05) is 11.3 Å². The molecule has 2 amide bonds. The van der Waals surface area contributed by atoms with Crippen molar-refractivity contribution in [2.45, 2.75) is 10.9 Å². The molecule has 2 heterocycles. The molecule has 2 atom stereocenters. The molecule has 0 radical (unpaired) electrons. The fourth-order valence-electron chi connectivity index (χ4n) is 2.96. The van der Waals surface area contributed by atoms with Crippen molar-refractivity contribution in [2.24, 2.45) is 11.5 Å². The van der Waals surface area contributed by atoms with E-state index < -0.39 is 41.3 Å². The summed E-state index contributed by atoms with van der Waals surface area (Å²) in [6.07, 6.45) is -1.07. The minimum atomic E-state index is -1.89. The number of nitrogens with two attached hydrogens (primary N) is 2. The highest BCUT2D eigenvalue weighted by Crippen LogP contribution is 2.45. The summed E-state index contributed by atoms with van der Waals surface area (Å²) in [6.45, 7) is -0.802. The van der Waals surface area contributed by atoms with E-state index >= 15 is 0 Å². The van der Waals surface area contributed by atoms with Gasteiger partial charge in [0.1, 0.15) is 30.0 Å². The molecule has 0 bridgehead atoms. The van der Waals surface area contributed by atoms with Gasteiger partial charge in [0.25, 0.3) is 5.91 Å². The Morgan fingerprint density at radius 1 is 1.29 bits per heavy atom. The van der Waals surface area contributed by atoms with E-state index in [0.717, 1.165) is 16.7 Å². The predicted molar refractivity (Wildman–Crippen MR) is 97.2 cm³/mol. The third-order valence-corrected chi connectivity index (χ3v) is 5.77. The summed E-state index contributed by atoms with van der Waals surface area (Å²) in [4.78, 5) is 48.6. The van der Waals surface area contributed by atoms with Crippen LogP contribution in [0.5, 0.6) is 5.75 Å². The number of primary amides is 1. The number of carboxylic acid groups (broad SMARTS) is 1. The van der Waals surface area contributed by atoms with E-state index in [1.807, 2.05) is 0 Å². The normalized spacial score (nSPS) is 23.5. The molecule has 3 rings (SSSR count). The van der Waals surface area contributed by atoms with Gasteiger partial charge in [0.15, 0.2) is 5.54 Å². The maximum atomic E-state index is 12.7. The smallest absolute Gasteiger partial charge is 0.404 e. The lowest BCUT2D eigenvalue weighted by atomic mass is 9.83. The third kappa shape index (κ3) is 3.29. The van der Waals surface area contributed by atoms with Gasteiger partial charge in [-0.15, -0.1) is 11.8 Å². The van der Waals surface area contributed by atoms with E-state index in [2.05, 4.69) is 4.74 Å². The molecule has 2 aliphatic rings. The Balaban J connectivity index is 1.77. The molecule has 1 fully saturated rings. The summed E-state index contributed by atoms with van der Waals surface area (Å²) in [5.74, 6) is -2.35. The number of nitrogens with zero attached hydrogens (tertiary/aromatic N) is 1. The van der Waals surface area contributed by atoms with Crippen LogP contribution in [-0.2, 0) is 19.1 Å². The Kier molecular flexibility index (Phi) is 5.29. The molecule has 148 valence electrons. The molecule has 0 spiro atoms.